The van der Waals surface area contributed by atoms with E-state index in [0.717, 1.165) is 25.8 Å². The zero-order valence-corrected chi connectivity index (χ0v) is 17.9. The van der Waals surface area contributed by atoms with Crippen molar-refractivity contribution >= 4 is 59.9 Å². The molecular formula is C20H19BrN4O3S. The van der Waals surface area contributed by atoms with E-state index in [1.807, 2.05) is 42.8 Å². The van der Waals surface area contributed by atoms with Gasteiger partial charge in [-0.25, -0.2) is 15.0 Å². The van der Waals surface area contributed by atoms with Crippen molar-refractivity contribution in [2.75, 3.05) is 18.5 Å². The van der Waals surface area contributed by atoms with E-state index >= 15 is 0 Å². The minimum absolute atomic E-state index is 0.167. The summed E-state index contributed by atoms with van der Waals surface area (Å²) in [4.78, 5) is 13.1. The largest absolute Gasteiger partial charge is 0.489 e. The Morgan fingerprint density at radius 2 is 1.93 bits per heavy atom. The van der Waals surface area contributed by atoms with E-state index in [0.29, 0.717) is 17.1 Å². The highest BCUT2D eigenvalue weighted by Gasteiger charge is 2.20. The topological polar surface area (TPSA) is 100 Å². The molecule has 150 valence electrons. The fraction of sp³-hybridized carbons (Fsp3) is 0.250. The molecule has 29 heavy (non-hydrogen) atoms. The van der Waals surface area contributed by atoms with Gasteiger partial charge in [-0.15, -0.1) is 11.3 Å². The lowest BCUT2D eigenvalue weighted by atomic mass is 10.1. The Labute approximate surface area is 179 Å². The second-order valence-corrected chi connectivity index (χ2v) is 8.43. The highest BCUT2D eigenvalue weighted by atomic mass is 79.9. The van der Waals surface area contributed by atoms with Crippen molar-refractivity contribution < 1.29 is 14.9 Å². The summed E-state index contributed by atoms with van der Waals surface area (Å²) < 4.78 is 8.00. The quantitative estimate of drug-likeness (QED) is 0.370. The number of hydrogen-bond acceptors (Lipinski definition) is 8. The van der Waals surface area contributed by atoms with Crippen LogP contribution in [-0.4, -0.2) is 44.5 Å². The lowest BCUT2D eigenvalue weighted by Crippen LogP contribution is -2.29. The van der Waals surface area contributed by atoms with Crippen LogP contribution in [0.3, 0.4) is 0 Å². The van der Waals surface area contributed by atoms with E-state index < -0.39 is 6.10 Å². The molecule has 1 atom stereocenters. The Bertz CT molecular complexity index is 1150. The predicted octanol–water partition coefficient (Wildman–Crippen LogP) is 4.11. The molecule has 4 rings (SSSR count). The van der Waals surface area contributed by atoms with Crippen molar-refractivity contribution in [1.82, 2.24) is 15.0 Å². The van der Waals surface area contributed by atoms with E-state index in [1.165, 1.54) is 6.33 Å². The smallest absolute Gasteiger partial charge is 0.145 e. The Balaban J connectivity index is 1.75. The van der Waals surface area contributed by atoms with Crippen LogP contribution in [-0.2, 0) is 0 Å². The number of rotatable bonds is 7. The maximum absolute atomic E-state index is 9.47. The molecule has 2 aromatic heterocycles. The second kappa shape index (κ2) is 8.58. The Morgan fingerprint density at radius 1 is 1.10 bits per heavy atom. The maximum Gasteiger partial charge on any atom is 0.145 e. The average Bonchev–Trinajstić information content (AvgIpc) is 3.16. The van der Waals surface area contributed by atoms with Gasteiger partial charge in [-0.2, -0.15) is 0 Å². The van der Waals surface area contributed by atoms with E-state index in [9.17, 15) is 10.2 Å². The maximum atomic E-state index is 9.47. The SMILES string of the molecule is C[C@@H](Oc1cc(Br)cc2ncnc(Nc3ccc4ncsc4c3)c12)C(CO)CO. The molecule has 9 heteroatoms. The van der Waals surface area contributed by atoms with E-state index in [-0.39, 0.29) is 19.1 Å². The van der Waals surface area contributed by atoms with Crippen LogP contribution >= 0.6 is 27.3 Å². The Morgan fingerprint density at radius 3 is 2.72 bits per heavy atom. The Hall–Kier alpha value is -2.33. The third-order valence-electron chi connectivity index (χ3n) is 4.71. The average molecular weight is 475 g/mol. The van der Waals surface area contributed by atoms with Crippen LogP contribution in [0.4, 0.5) is 11.5 Å². The number of aromatic nitrogens is 3. The van der Waals surface area contributed by atoms with Gasteiger partial charge >= 0.3 is 0 Å². The molecule has 0 unspecified atom stereocenters. The molecule has 0 saturated carbocycles. The van der Waals surface area contributed by atoms with Crippen LogP contribution in [0.2, 0.25) is 0 Å². The van der Waals surface area contributed by atoms with Gasteiger partial charge in [-0.05, 0) is 37.3 Å². The number of aliphatic hydroxyl groups excluding tert-OH is 2. The van der Waals surface area contributed by atoms with Gasteiger partial charge in [-0.1, -0.05) is 15.9 Å². The fourth-order valence-corrected chi connectivity index (χ4v) is 4.17. The second-order valence-electron chi connectivity index (χ2n) is 6.63. The van der Waals surface area contributed by atoms with E-state index in [1.54, 1.807) is 11.3 Å². The van der Waals surface area contributed by atoms with Crippen LogP contribution in [0, 0.1) is 5.92 Å². The summed E-state index contributed by atoms with van der Waals surface area (Å²) in [6.45, 7) is 1.48. The summed E-state index contributed by atoms with van der Waals surface area (Å²) in [6, 6.07) is 9.66. The van der Waals surface area contributed by atoms with Crippen LogP contribution in [0.25, 0.3) is 21.1 Å². The summed E-state index contributed by atoms with van der Waals surface area (Å²) in [5.74, 6) is 0.785. The fourth-order valence-electron chi connectivity index (χ4n) is 3.03. The molecule has 0 saturated heterocycles. The number of hydrogen-bond donors (Lipinski definition) is 3. The molecule has 0 aliphatic carbocycles. The van der Waals surface area contributed by atoms with Crippen LogP contribution in [0.5, 0.6) is 5.75 Å². The van der Waals surface area contributed by atoms with Crippen LogP contribution in [0.1, 0.15) is 6.92 Å². The number of aliphatic hydroxyl groups is 2. The normalized spacial score (nSPS) is 12.6. The molecule has 0 spiro atoms. The minimum Gasteiger partial charge on any atom is -0.489 e. The van der Waals surface area contributed by atoms with Gasteiger partial charge in [0.2, 0.25) is 0 Å². The monoisotopic (exact) mass is 474 g/mol. The molecule has 0 fully saturated rings. The van der Waals surface area contributed by atoms with Crippen LogP contribution in [0.15, 0.2) is 46.6 Å². The molecule has 3 N–H and O–H groups in total. The van der Waals surface area contributed by atoms with Gasteiger partial charge in [0.25, 0.3) is 0 Å². The molecule has 0 radical (unpaired) electrons. The number of halogens is 1. The van der Waals surface area contributed by atoms with Gasteiger partial charge < -0.3 is 20.3 Å². The molecule has 4 aromatic rings. The minimum atomic E-state index is -0.399. The van der Waals surface area contributed by atoms with Crippen molar-refractivity contribution in [1.29, 1.82) is 0 Å². The molecule has 0 aliphatic heterocycles. The standard InChI is InChI=1S/C20H19BrN4O3S/c1-11(12(7-26)8-27)28-17-5-13(21)4-16-19(17)20(23-9-22-16)25-14-2-3-15-18(6-14)29-10-24-15/h2-6,9-12,26-27H,7-8H2,1H3,(H,22,23,25)/t11-/m1/s1. The highest BCUT2D eigenvalue weighted by molar-refractivity contribution is 9.10. The van der Waals surface area contributed by atoms with Crippen molar-refractivity contribution in [2.24, 2.45) is 5.92 Å². The zero-order valence-electron chi connectivity index (χ0n) is 15.5. The Kier molecular flexibility index (Phi) is 5.91. The van der Waals surface area contributed by atoms with Crippen molar-refractivity contribution in [3.05, 3.63) is 46.6 Å². The van der Waals surface area contributed by atoms with Crippen LogP contribution < -0.4 is 10.1 Å². The zero-order chi connectivity index (χ0) is 20.4. The lowest BCUT2D eigenvalue weighted by Gasteiger charge is -2.23. The first-order chi connectivity index (χ1) is 14.1. The first kappa shape index (κ1) is 20.0. The number of thiazole rings is 1. The molecule has 0 aliphatic rings. The molecule has 2 aromatic carbocycles. The first-order valence-corrected chi connectivity index (χ1v) is 10.7. The lowest BCUT2D eigenvalue weighted by molar-refractivity contribution is 0.0580. The van der Waals surface area contributed by atoms with E-state index in [4.69, 9.17) is 4.74 Å². The molecular weight excluding hydrogens is 456 g/mol. The predicted molar refractivity (Wildman–Crippen MR) is 118 cm³/mol. The summed E-state index contributed by atoms with van der Waals surface area (Å²) >= 11 is 5.07. The van der Waals surface area contributed by atoms with E-state index in [2.05, 4.69) is 36.2 Å². The number of fused-ring (bicyclic) bond motifs is 2. The third kappa shape index (κ3) is 4.18. The van der Waals surface area contributed by atoms with Gasteiger partial charge in [0.05, 0.1) is 39.8 Å². The highest BCUT2D eigenvalue weighted by Crippen LogP contribution is 2.36. The van der Waals surface area contributed by atoms with Gasteiger partial charge in [0.1, 0.15) is 24.0 Å². The molecule has 2 heterocycles. The summed E-state index contributed by atoms with van der Waals surface area (Å²) in [7, 11) is 0. The van der Waals surface area contributed by atoms with Crippen molar-refractivity contribution in [3.8, 4) is 5.75 Å². The number of nitrogens with zero attached hydrogens (tertiary/aromatic N) is 3. The molecule has 0 bridgehead atoms. The summed E-state index contributed by atoms with van der Waals surface area (Å²) in [6.07, 6.45) is 1.10. The summed E-state index contributed by atoms with van der Waals surface area (Å²) in [5, 5.41) is 23.0. The van der Waals surface area contributed by atoms with Crippen molar-refractivity contribution in [3.63, 3.8) is 0 Å². The molecule has 7 nitrogen and oxygen atoms in total. The van der Waals surface area contributed by atoms with Crippen molar-refractivity contribution in [2.45, 2.75) is 13.0 Å². The van der Waals surface area contributed by atoms with Gasteiger partial charge in [0.15, 0.2) is 0 Å². The first-order valence-electron chi connectivity index (χ1n) is 9.02. The van der Waals surface area contributed by atoms with Gasteiger partial charge in [0, 0.05) is 16.1 Å². The number of nitrogens with one attached hydrogen (secondary N) is 1. The number of benzene rings is 2. The van der Waals surface area contributed by atoms with Gasteiger partial charge in [-0.3, -0.25) is 0 Å². The third-order valence-corrected chi connectivity index (χ3v) is 5.96. The number of ether oxygens (including phenoxy) is 1. The summed E-state index contributed by atoms with van der Waals surface area (Å²) in [5.41, 5.74) is 4.36. The number of anilines is 2. The molecule has 0 amide bonds.